The third-order valence-electron chi connectivity index (χ3n) is 3.62. The predicted molar refractivity (Wildman–Crippen MR) is 90.3 cm³/mol. The summed E-state index contributed by atoms with van der Waals surface area (Å²) in [6, 6.07) is 11.8. The van der Waals surface area contributed by atoms with E-state index in [1.807, 2.05) is 39.0 Å². The summed E-state index contributed by atoms with van der Waals surface area (Å²) in [4.78, 5) is 17.0. The summed E-state index contributed by atoms with van der Waals surface area (Å²) >= 11 is 0. The standard InChI is InChI=1S/C19H17FN2O/c1-11-6-12(2)8-15(7-11)22-19(23)17-9-13(3)21-18-5-4-14(20)10-16(17)18/h4-10H,1-3H3,(H,22,23). The number of aromatic nitrogens is 1. The van der Waals surface area contributed by atoms with Gasteiger partial charge < -0.3 is 5.32 Å². The summed E-state index contributed by atoms with van der Waals surface area (Å²) in [7, 11) is 0. The molecule has 2 aromatic carbocycles. The minimum Gasteiger partial charge on any atom is -0.322 e. The number of carbonyl (C=O) groups excluding carboxylic acids is 1. The number of rotatable bonds is 2. The summed E-state index contributed by atoms with van der Waals surface area (Å²) in [5.41, 5.74) is 4.62. The zero-order valence-corrected chi connectivity index (χ0v) is 13.3. The van der Waals surface area contributed by atoms with Crippen LogP contribution >= 0.6 is 0 Å². The number of nitrogens with zero attached hydrogens (tertiary/aromatic N) is 1. The monoisotopic (exact) mass is 308 g/mol. The van der Waals surface area contributed by atoms with Crippen molar-refractivity contribution in [1.82, 2.24) is 4.98 Å². The average Bonchev–Trinajstić information content (AvgIpc) is 2.45. The van der Waals surface area contributed by atoms with E-state index in [9.17, 15) is 9.18 Å². The van der Waals surface area contributed by atoms with Crippen molar-refractivity contribution in [3.05, 3.63) is 70.7 Å². The number of benzene rings is 2. The molecule has 0 fully saturated rings. The summed E-state index contributed by atoms with van der Waals surface area (Å²) in [6.07, 6.45) is 0. The van der Waals surface area contributed by atoms with Gasteiger partial charge in [-0.1, -0.05) is 6.07 Å². The van der Waals surface area contributed by atoms with Crippen LogP contribution in [0.2, 0.25) is 0 Å². The van der Waals surface area contributed by atoms with Crippen LogP contribution in [-0.4, -0.2) is 10.9 Å². The average molecular weight is 308 g/mol. The normalized spacial score (nSPS) is 10.8. The maximum atomic E-state index is 13.6. The van der Waals surface area contributed by atoms with Gasteiger partial charge >= 0.3 is 0 Å². The first kappa shape index (κ1) is 15.2. The second-order valence-corrected chi connectivity index (χ2v) is 5.80. The second-order valence-electron chi connectivity index (χ2n) is 5.80. The molecule has 23 heavy (non-hydrogen) atoms. The van der Waals surface area contributed by atoms with Crippen LogP contribution < -0.4 is 5.32 Å². The lowest BCUT2D eigenvalue weighted by molar-refractivity contribution is 0.102. The number of nitrogens with one attached hydrogen (secondary N) is 1. The molecule has 0 bridgehead atoms. The molecule has 1 aromatic heterocycles. The molecule has 3 nitrogen and oxygen atoms in total. The molecular formula is C19H17FN2O. The van der Waals surface area contributed by atoms with Crippen molar-refractivity contribution in [2.24, 2.45) is 0 Å². The molecule has 0 atom stereocenters. The Morgan fingerprint density at radius 3 is 2.39 bits per heavy atom. The highest BCUT2D eigenvalue weighted by atomic mass is 19.1. The maximum absolute atomic E-state index is 13.6. The van der Waals surface area contributed by atoms with Crippen LogP contribution in [0.5, 0.6) is 0 Å². The number of halogens is 1. The fourth-order valence-electron chi connectivity index (χ4n) is 2.76. The van der Waals surface area contributed by atoms with Gasteiger partial charge in [-0.05, 0) is 68.3 Å². The van der Waals surface area contributed by atoms with E-state index in [1.54, 1.807) is 12.1 Å². The van der Waals surface area contributed by atoms with Gasteiger partial charge in [-0.2, -0.15) is 0 Å². The summed E-state index contributed by atoms with van der Waals surface area (Å²) < 4.78 is 13.6. The molecule has 3 rings (SSSR count). The van der Waals surface area contributed by atoms with Crippen molar-refractivity contribution >= 4 is 22.5 Å². The molecule has 1 N–H and O–H groups in total. The second kappa shape index (κ2) is 5.80. The SMILES string of the molecule is Cc1cc(C)cc(NC(=O)c2cc(C)nc3ccc(F)cc23)c1. The zero-order valence-electron chi connectivity index (χ0n) is 13.3. The number of fused-ring (bicyclic) bond motifs is 1. The van der Waals surface area contributed by atoms with Crippen molar-refractivity contribution in [1.29, 1.82) is 0 Å². The maximum Gasteiger partial charge on any atom is 0.256 e. The number of pyridine rings is 1. The fourth-order valence-corrected chi connectivity index (χ4v) is 2.76. The lowest BCUT2D eigenvalue weighted by Gasteiger charge is -2.10. The van der Waals surface area contributed by atoms with Crippen molar-refractivity contribution in [2.45, 2.75) is 20.8 Å². The van der Waals surface area contributed by atoms with E-state index in [-0.39, 0.29) is 11.7 Å². The number of hydrogen-bond donors (Lipinski definition) is 1. The topological polar surface area (TPSA) is 42.0 Å². The smallest absolute Gasteiger partial charge is 0.256 e. The van der Waals surface area contributed by atoms with Gasteiger partial charge in [0.25, 0.3) is 5.91 Å². The molecule has 0 aliphatic heterocycles. The quantitative estimate of drug-likeness (QED) is 0.754. The molecule has 0 saturated heterocycles. The Balaban J connectivity index is 2.05. The Labute approximate surface area is 134 Å². The summed E-state index contributed by atoms with van der Waals surface area (Å²) in [5.74, 6) is -0.653. The number of hydrogen-bond acceptors (Lipinski definition) is 2. The van der Waals surface area contributed by atoms with Gasteiger partial charge in [-0.3, -0.25) is 9.78 Å². The Kier molecular flexibility index (Phi) is 3.82. The summed E-state index contributed by atoms with van der Waals surface area (Å²) in [5, 5.41) is 3.40. The Hall–Kier alpha value is -2.75. The molecule has 0 aliphatic rings. The van der Waals surface area contributed by atoms with Crippen LogP contribution in [0.25, 0.3) is 10.9 Å². The molecule has 116 valence electrons. The molecule has 3 aromatic rings. The van der Waals surface area contributed by atoms with Crippen LogP contribution in [0.3, 0.4) is 0 Å². The fraction of sp³-hybridized carbons (Fsp3) is 0.158. The minimum atomic E-state index is -0.386. The number of aryl methyl sites for hydroxylation is 3. The van der Waals surface area contributed by atoms with Gasteiger partial charge in [0, 0.05) is 16.8 Å². The molecular weight excluding hydrogens is 291 g/mol. The van der Waals surface area contributed by atoms with Crippen molar-refractivity contribution in [3.63, 3.8) is 0 Å². The Morgan fingerprint density at radius 2 is 1.70 bits per heavy atom. The molecule has 0 aliphatic carbocycles. The molecule has 1 amide bonds. The van der Waals surface area contributed by atoms with E-state index in [0.29, 0.717) is 16.5 Å². The van der Waals surface area contributed by atoms with E-state index < -0.39 is 0 Å². The molecule has 1 heterocycles. The van der Waals surface area contributed by atoms with Gasteiger partial charge in [-0.15, -0.1) is 0 Å². The van der Waals surface area contributed by atoms with E-state index >= 15 is 0 Å². The van der Waals surface area contributed by atoms with Crippen LogP contribution in [-0.2, 0) is 0 Å². The lowest BCUT2D eigenvalue weighted by Crippen LogP contribution is -2.13. The first-order valence-corrected chi connectivity index (χ1v) is 7.39. The van der Waals surface area contributed by atoms with Gasteiger partial charge in [0.15, 0.2) is 0 Å². The third-order valence-corrected chi connectivity index (χ3v) is 3.62. The van der Waals surface area contributed by atoms with Crippen LogP contribution in [0.15, 0.2) is 42.5 Å². The van der Waals surface area contributed by atoms with Crippen molar-refractivity contribution in [3.8, 4) is 0 Å². The van der Waals surface area contributed by atoms with Gasteiger partial charge in [0.1, 0.15) is 5.82 Å². The van der Waals surface area contributed by atoms with Crippen molar-refractivity contribution < 1.29 is 9.18 Å². The van der Waals surface area contributed by atoms with Crippen LogP contribution in [0, 0.1) is 26.6 Å². The summed E-state index contributed by atoms with van der Waals surface area (Å²) in [6.45, 7) is 5.77. The van der Waals surface area contributed by atoms with Crippen molar-refractivity contribution in [2.75, 3.05) is 5.32 Å². The van der Waals surface area contributed by atoms with E-state index in [4.69, 9.17) is 0 Å². The van der Waals surface area contributed by atoms with Gasteiger partial charge in [-0.25, -0.2) is 4.39 Å². The molecule has 0 saturated carbocycles. The highest BCUT2D eigenvalue weighted by Gasteiger charge is 2.13. The molecule has 0 spiro atoms. The first-order chi connectivity index (χ1) is 10.9. The number of carbonyl (C=O) groups is 1. The number of anilines is 1. The highest BCUT2D eigenvalue weighted by Crippen LogP contribution is 2.22. The van der Waals surface area contributed by atoms with Gasteiger partial charge in [0.05, 0.1) is 11.1 Å². The van der Waals surface area contributed by atoms with E-state index in [0.717, 1.165) is 22.5 Å². The van der Waals surface area contributed by atoms with Crippen LogP contribution in [0.4, 0.5) is 10.1 Å². The third kappa shape index (κ3) is 3.21. The predicted octanol–water partition coefficient (Wildman–Crippen LogP) is 4.55. The minimum absolute atomic E-state index is 0.267. The molecule has 0 radical (unpaired) electrons. The number of amides is 1. The Bertz CT molecular complexity index is 898. The lowest BCUT2D eigenvalue weighted by atomic mass is 10.1. The van der Waals surface area contributed by atoms with Crippen LogP contribution in [0.1, 0.15) is 27.2 Å². The molecule has 4 heteroatoms. The zero-order chi connectivity index (χ0) is 16.6. The largest absolute Gasteiger partial charge is 0.322 e. The van der Waals surface area contributed by atoms with E-state index in [2.05, 4.69) is 10.3 Å². The first-order valence-electron chi connectivity index (χ1n) is 7.39. The van der Waals surface area contributed by atoms with E-state index in [1.165, 1.54) is 12.1 Å². The Morgan fingerprint density at radius 1 is 1.00 bits per heavy atom. The molecule has 0 unspecified atom stereocenters. The highest BCUT2D eigenvalue weighted by molar-refractivity contribution is 6.12. The van der Waals surface area contributed by atoms with Gasteiger partial charge in [0.2, 0.25) is 0 Å².